The Hall–Kier alpha value is -1.32. The average molecular weight is 409 g/mol. The van der Waals surface area contributed by atoms with Gasteiger partial charge in [-0.25, -0.2) is 0 Å². The summed E-state index contributed by atoms with van der Waals surface area (Å²) in [7, 11) is 4.24. The summed E-state index contributed by atoms with van der Waals surface area (Å²) in [6.45, 7) is 5.90. The largest absolute Gasteiger partial charge is 0.593 e. The van der Waals surface area contributed by atoms with Crippen molar-refractivity contribution < 1.29 is 14.5 Å². The van der Waals surface area contributed by atoms with Gasteiger partial charge in [0, 0.05) is 13.1 Å². The van der Waals surface area contributed by atoms with Crippen LogP contribution in [0.5, 0.6) is 5.75 Å². The molecule has 0 spiro atoms. The van der Waals surface area contributed by atoms with Gasteiger partial charge in [-0.15, -0.1) is 0 Å². The predicted molar refractivity (Wildman–Crippen MR) is 113 cm³/mol. The highest BCUT2D eigenvalue weighted by Gasteiger charge is 2.37. The Morgan fingerprint density at radius 3 is 2.61 bits per heavy atom. The fourth-order valence-corrected chi connectivity index (χ4v) is 5.59. The van der Waals surface area contributed by atoms with E-state index >= 15 is 0 Å². The van der Waals surface area contributed by atoms with Crippen molar-refractivity contribution in [3.63, 3.8) is 0 Å². The summed E-state index contributed by atoms with van der Waals surface area (Å²) in [6.07, 6.45) is 2.38. The number of Topliss-reactive ketones (excluding diaryl/α,β-unsaturated/α-hetero) is 1. The van der Waals surface area contributed by atoms with Crippen molar-refractivity contribution in [3.8, 4) is 5.75 Å². The van der Waals surface area contributed by atoms with E-state index in [2.05, 4.69) is 23.9 Å². The standard InChI is InChI=1S/C20H32N4O3S/c1-14-8-16(11-23-6-4-15(5-7-23)10-22(2)3)9-18(25)20(14)24-12-19(26)17(21)13-28(24)27/h8-9,15,17,25H,4-7,10-13,21H2,1-3H3/t17-,28?/m0/s1. The van der Waals surface area contributed by atoms with E-state index in [1.165, 1.54) is 17.1 Å². The smallest absolute Gasteiger partial charge is 0.178 e. The predicted octanol–water partition coefficient (Wildman–Crippen LogP) is 0.854. The zero-order valence-corrected chi connectivity index (χ0v) is 17.9. The molecule has 0 aliphatic carbocycles. The third-order valence-corrected chi connectivity index (χ3v) is 7.05. The molecule has 7 nitrogen and oxygen atoms in total. The van der Waals surface area contributed by atoms with E-state index in [1.807, 2.05) is 13.0 Å². The molecule has 2 fully saturated rings. The van der Waals surface area contributed by atoms with Gasteiger partial charge in [0.25, 0.3) is 0 Å². The topological polar surface area (TPSA) is 96.1 Å². The van der Waals surface area contributed by atoms with Crippen LogP contribution in [0.25, 0.3) is 0 Å². The molecule has 0 saturated carbocycles. The normalized spacial score (nSPS) is 24.9. The summed E-state index contributed by atoms with van der Waals surface area (Å²) >= 11 is -1.41. The Morgan fingerprint density at radius 1 is 1.32 bits per heavy atom. The minimum Gasteiger partial charge on any atom is -0.593 e. The molecule has 2 atom stereocenters. The third kappa shape index (κ3) is 4.99. The van der Waals surface area contributed by atoms with Crippen LogP contribution in [0.4, 0.5) is 5.69 Å². The Morgan fingerprint density at radius 2 is 2.00 bits per heavy atom. The first kappa shape index (κ1) is 21.4. The number of phenolic OH excluding ortho intramolecular Hbond substituents is 1. The summed E-state index contributed by atoms with van der Waals surface area (Å²) in [6, 6.07) is 3.08. The molecule has 2 saturated heterocycles. The lowest BCUT2D eigenvalue weighted by Crippen LogP contribution is -2.54. The van der Waals surface area contributed by atoms with E-state index in [9.17, 15) is 14.5 Å². The molecule has 3 N–H and O–H groups in total. The number of nitrogens with two attached hydrogens (primary N) is 1. The lowest BCUT2D eigenvalue weighted by Gasteiger charge is -2.34. The van der Waals surface area contributed by atoms with Crippen LogP contribution in [0.1, 0.15) is 24.0 Å². The van der Waals surface area contributed by atoms with Gasteiger partial charge in [-0.2, -0.15) is 4.31 Å². The van der Waals surface area contributed by atoms with Gasteiger partial charge in [-0.1, -0.05) is 6.07 Å². The van der Waals surface area contributed by atoms with Gasteiger partial charge in [-0.05, 0) is 70.1 Å². The highest BCUT2D eigenvalue weighted by atomic mass is 32.2. The highest BCUT2D eigenvalue weighted by Crippen LogP contribution is 2.36. The molecular weight excluding hydrogens is 376 g/mol. The van der Waals surface area contributed by atoms with Crippen LogP contribution in [0, 0.1) is 12.8 Å². The number of aryl methyl sites for hydroxylation is 1. The summed E-state index contributed by atoms with van der Waals surface area (Å²) < 4.78 is 13.9. The van der Waals surface area contributed by atoms with Crippen LogP contribution in [-0.4, -0.2) is 77.3 Å². The molecule has 0 bridgehead atoms. The molecular formula is C20H32N4O3S. The number of aromatic hydroxyl groups is 1. The van der Waals surface area contributed by atoms with E-state index in [0.29, 0.717) is 5.69 Å². The lowest BCUT2D eigenvalue weighted by molar-refractivity contribution is -0.118. The number of phenols is 1. The SMILES string of the molecule is Cc1cc(CN2CCC(CN(C)C)CC2)cc(O)c1N1CC(=O)[C@@H](N)C[S+]1[O-]. The summed E-state index contributed by atoms with van der Waals surface area (Å²) in [5.41, 5.74) is 8.05. The second kappa shape index (κ2) is 9.00. The number of hydrogen-bond acceptors (Lipinski definition) is 7. The molecule has 3 rings (SSSR count). The van der Waals surface area contributed by atoms with E-state index in [4.69, 9.17) is 5.73 Å². The quantitative estimate of drug-likeness (QED) is 0.698. The number of carbonyl (C=O) groups excluding carboxylic acids is 1. The molecule has 1 aromatic carbocycles. The van der Waals surface area contributed by atoms with Crippen molar-refractivity contribution in [2.75, 3.05) is 50.3 Å². The molecule has 0 amide bonds. The van der Waals surface area contributed by atoms with Gasteiger partial charge in [-0.3, -0.25) is 9.69 Å². The molecule has 8 heteroatoms. The molecule has 1 aromatic rings. The molecule has 28 heavy (non-hydrogen) atoms. The summed E-state index contributed by atoms with van der Waals surface area (Å²) in [5.74, 6) is 0.778. The molecule has 2 aliphatic heterocycles. The van der Waals surface area contributed by atoms with E-state index < -0.39 is 17.4 Å². The summed E-state index contributed by atoms with van der Waals surface area (Å²) in [5, 5.41) is 10.6. The first-order valence-electron chi connectivity index (χ1n) is 9.88. The maximum absolute atomic E-state index is 12.4. The van der Waals surface area contributed by atoms with Crippen molar-refractivity contribution in [2.24, 2.45) is 11.7 Å². The molecule has 2 heterocycles. The first-order valence-corrected chi connectivity index (χ1v) is 11.2. The monoisotopic (exact) mass is 408 g/mol. The number of carbonyl (C=O) groups is 1. The Balaban J connectivity index is 1.67. The van der Waals surface area contributed by atoms with Crippen LogP contribution in [0.3, 0.4) is 0 Å². The zero-order chi connectivity index (χ0) is 20.4. The van der Waals surface area contributed by atoms with Crippen LogP contribution in [-0.2, 0) is 22.7 Å². The van der Waals surface area contributed by atoms with Crippen molar-refractivity contribution in [1.29, 1.82) is 0 Å². The number of anilines is 1. The number of hydrogen-bond donors (Lipinski definition) is 2. The fraction of sp³-hybridized carbons (Fsp3) is 0.650. The maximum Gasteiger partial charge on any atom is 0.178 e. The maximum atomic E-state index is 12.4. The second-order valence-corrected chi connectivity index (χ2v) is 9.78. The fourth-order valence-electron chi connectivity index (χ4n) is 4.20. The number of rotatable bonds is 5. The molecule has 2 aliphatic rings. The van der Waals surface area contributed by atoms with E-state index in [0.717, 1.165) is 43.2 Å². The van der Waals surface area contributed by atoms with E-state index in [-0.39, 0.29) is 23.8 Å². The highest BCUT2D eigenvalue weighted by molar-refractivity contribution is 7.93. The van der Waals surface area contributed by atoms with Gasteiger partial charge in [0.1, 0.15) is 24.0 Å². The average Bonchev–Trinajstić information content (AvgIpc) is 2.60. The number of likely N-dealkylation sites (tertiary alicyclic amines) is 1. The third-order valence-electron chi connectivity index (χ3n) is 5.61. The lowest BCUT2D eigenvalue weighted by atomic mass is 9.96. The number of piperidine rings is 1. The van der Waals surface area contributed by atoms with Crippen molar-refractivity contribution >= 4 is 22.8 Å². The molecule has 156 valence electrons. The number of benzene rings is 1. The minimum atomic E-state index is -1.41. The van der Waals surface area contributed by atoms with Gasteiger partial charge < -0.3 is 20.3 Å². The van der Waals surface area contributed by atoms with Crippen molar-refractivity contribution in [3.05, 3.63) is 23.3 Å². The Kier molecular flexibility index (Phi) is 6.88. The van der Waals surface area contributed by atoms with Gasteiger partial charge >= 0.3 is 0 Å². The summed E-state index contributed by atoms with van der Waals surface area (Å²) in [4.78, 5) is 16.6. The van der Waals surface area contributed by atoms with Crippen LogP contribution in [0.2, 0.25) is 0 Å². The van der Waals surface area contributed by atoms with Gasteiger partial charge in [0.15, 0.2) is 11.5 Å². The first-order chi connectivity index (χ1) is 13.2. The van der Waals surface area contributed by atoms with Crippen LogP contribution in [0.15, 0.2) is 12.1 Å². The van der Waals surface area contributed by atoms with Crippen LogP contribution < -0.4 is 10.0 Å². The van der Waals surface area contributed by atoms with E-state index in [1.54, 1.807) is 6.07 Å². The number of ketones is 1. The minimum absolute atomic E-state index is 0.0269. The number of nitrogens with zero attached hydrogens (tertiary/aromatic N) is 3. The van der Waals surface area contributed by atoms with Crippen molar-refractivity contribution in [1.82, 2.24) is 9.80 Å². The zero-order valence-electron chi connectivity index (χ0n) is 17.1. The Bertz CT molecular complexity index is 684. The van der Waals surface area contributed by atoms with Gasteiger partial charge in [0.05, 0.1) is 11.4 Å². The van der Waals surface area contributed by atoms with Crippen LogP contribution >= 0.6 is 0 Å². The molecule has 0 radical (unpaired) electrons. The van der Waals surface area contributed by atoms with Crippen molar-refractivity contribution in [2.45, 2.75) is 32.4 Å². The van der Waals surface area contributed by atoms with Gasteiger partial charge in [0.2, 0.25) is 0 Å². The molecule has 0 aromatic heterocycles. The second-order valence-electron chi connectivity index (χ2n) is 8.36. The molecule has 1 unspecified atom stereocenters. The Labute approximate surface area is 170 Å².